The number of amides is 4. The normalized spacial score (nSPS) is 14.7. The van der Waals surface area contributed by atoms with Gasteiger partial charge in [0, 0.05) is 68.3 Å². The van der Waals surface area contributed by atoms with Crippen LogP contribution in [0.4, 0.5) is 9.59 Å². The lowest BCUT2D eigenvalue weighted by Gasteiger charge is -2.22. The molecule has 4 amide bonds. The molecule has 0 atom stereocenters. The molecule has 5 rings (SSSR count). The summed E-state index contributed by atoms with van der Waals surface area (Å²) in [7, 11) is -2.26. The summed E-state index contributed by atoms with van der Waals surface area (Å²) in [6.07, 6.45) is 8.76. The van der Waals surface area contributed by atoms with E-state index in [-0.39, 0.29) is 36.2 Å². The molecule has 2 saturated carbocycles. The number of halogens is 1. The van der Waals surface area contributed by atoms with E-state index in [4.69, 9.17) is 30.5 Å². The molecule has 2 aliphatic rings. The molecule has 300 valence electrons. The highest BCUT2D eigenvalue weighted by Gasteiger charge is 2.48. The smallest absolute Gasteiger partial charge is 0.314 e. The summed E-state index contributed by atoms with van der Waals surface area (Å²) < 4.78 is 52.0. The van der Waals surface area contributed by atoms with E-state index in [0.29, 0.717) is 76.0 Å². The van der Waals surface area contributed by atoms with Crippen molar-refractivity contribution in [1.82, 2.24) is 30.6 Å². The first-order chi connectivity index (χ1) is 26.6. The van der Waals surface area contributed by atoms with Crippen molar-refractivity contribution in [1.29, 1.82) is 0 Å². The maximum atomic E-state index is 13.5. The third-order valence-corrected chi connectivity index (χ3v) is 11.4. The molecule has 2 fully saturated rings. The van der Waals surface area contributed by atoms with Crippen LogP contribution in [0.25, 0.3) is 11.1 Å². The van der Waals surface area contributed by atoms with Crippen LogP contribution in [0.2, 0.25) is 5.02 Å². The van der Waals surface area contributed by atoms with Crippen LogP contribution in [0.3, 0.4) is 0 Å². The number of rotatable bonds is 24. The third kappa shape index (κ3) is 12.8. The van der Waals surface area contributed by atoms with Crippen molar-refractivity contribution in [2.75, 3.05) is 66.2 Å². The highest BCUT2D eigenvalue weighted by molar-refractivity contribution is 7.89. The van der Waals surface area contributed by atoms with Gasteiger partial charge < -0.3 is 40.2 Å². The van der Waals surface area contributed by atoms with E-state index < -0.39 is 15.6 Å². The Hall–Kier alpha value is -3.99. The van der Waals surface area contributed by atoms with Crippen LogP contribution in [0.15, 0.2) is 65.8 Å². The number of benzene rings is 2. The fraction of sp³-hybridized carbons (Fsp3) is 0.513. The van der Waals surface area contributed by atoms with E-state index in [2.05, 4.69) is 32.3 Å². The number of unbranched alkanes of at least 4 members (excludes halogenated alkanes) is 1. The fourth-order valence-corrected chi connectivity index (χ4v) is 7.27. The number of ether oxygens (including phenoxy) is 4. The summed E-state index contributed by atoms with van der Waals surface area (Å²) in [6, 6.07) is 14.2. The summed E-state index contributed by atoms with van der Waals surface area (Å²) >= 11 is 6.58. The summed E-state index contributed by atoms with van der Waals surface area (Å²) in [5.41, 5.74) is 3.00. The van der Waals surface area contributed by atoms with Crippen molar-refractivity contribution in [2.45, 2.75) is 68.7 Å². The molecular weight excluding hydrogens is 748 g/mol. The molecule has 0 unspecified atom stereocenters. The first kappa shape index (κ1) is 42.2. The number of hydrogen-bond donors (Lipinski definition) is 4. The molecule has 1 heterocycles. The molecule has 0 saturated heterocycles. The van der Waals surface area contributed by atoms with Crippen LogP contribution in [0, 0.1) is 0 Å². The predicted molar refractivity (Wildman–Crippen MR) is 210 cm³/mol. The van der Waals surface area contributed by atoms with Crippen molar-refractivity contribution in [3.63, 3.8) is 0 Å². The van der Waals surface area contributed by atoms with E-state index >= 15 is 0 Å². The minimum atomic E-state index is -3.80. The Bertz CT molecular complexity index is 1830. The van der Waals surface area contributed by atoms with Crippen LogP contribution >= 0.6 is 11.6 Å². The Labute approximate surface area is 329 Å². The lowest BCUT2D eigenvalue weighted by atomic mass is 9.96. The summed E-state index contributed by atoms with van der Waals surface area (Å²) in [4.78, 5) is 28.0. The number of carbonyl (C=O) groups is 2. The number of pyridine rings is 1. The van der Waals surface area contributed by atoms with Crippen LogP contribution in [0.5, 0.6) is 5.75 Å². The van der Waals surface area contributed by atoms with Crippen molar-refractivity contribution < 1.29 is 37.0 Å². The van der Waals surface area contributed by atoms with Crippen molar-refractivity contribution in [2.24, 2.45) is 0 Å². The monoisotopic (exact) mass is 800 g/mol. The Morgan fingerprint density at radius 3 is 2.27 bits per heavy atom. The molecule has 14 nitrogen and oxygen atoms in total. The fourth-order valence-electron chi connectivity index (χ4n) is 5.84. The molecule has 0 aliphatic heterocycles. The molecule has 55 heavy (non-hydrogen) atoms. The van der Waals surface area contributed by atoms with Crippen LogP contribution < -0.4 is 26.0 Å². The van der Waals surface area contributed by atoms with Gasteiger partial charge in [-0.2, -0.15) is 0 Å². The van der Waals surface area contributed by atoms with Gasteiger partial charge in [-0.3, -0.25) is 4.98 Å². The average molecular weight is 801 g/mol. The molecule has 16 heteroatoms. The number of nitrogens with zero attached hydrogens (tertiary/aromatic N) is 2. The first-order valence-corrected chi connectivity index (χ1v) is 20.7. The minimum absolute atomic E-state index is 0.133. The van der Waals surface area contributed by atoms with Gasteiger partial charge in [-0.05, 0) is 86.9 Å². The van der Waals surface area contributed by atoms with Gasteiger partial charge in [-0.25, -0.2) is 22.3 Å². The third-order valence-electron chi connectivity index (χ3n) is 9.20. The molecule has 0 bridgehead atoms. The zero-order chi connectivity index (χ0) is 39.1. The largest absolute Gasteiger partial charge is 0.490 e. The summed E-state index contributed by atoms with van der Waals surface area (Å²) in [6.45, 7) is 5.39. The average Bonchev–Trinajstić information content (AvgIpc) is 4.13. The van der Waals surface area contributed by atoms with E-state index in [9.17, 15) is 18.0 Å². The second-order valence-corrected chi connectivity index (χ2v) is 16.0. The molecule has 3 aromatic rings. The SMILES string of the molecule is CCNC(=O)NCCOCCOCCNC(=O)NCCCCN(C)S(=O)(=O)c1ccc(Cl)c(COC2(c3cnccc3-c3ccccc3OC3CC3)CC2)c1. The van der Waals surface area contributed by atoms with Crippen LogP contribution in [0.1, 0.15) is 56.6 Å². The topological polar surface area (TPSA) is 169 Å². The molecular formula is C39H53ClN6O8S. The number of hydrogen-bond acceptors (Lipinski definition) is 9. The summed E-state index contributed by atoms with van der Waals surface area (Å²) in [5.74, 6) is 0.845. The molecule has 0 radical (unpaired) electrons. The molecule has 4 N–H and O–H groups in total. The Morgan fingerprint density at radius 1 is 0.891 bits per heavy atom. The first-order valence-electron chi connectivity index (χ1n) is 18.9. The Balaban J connectivity index is 1.02. The number of para-hydroxylation sites is 1. The van der Waals surface area contributed by atoms with Crippen LogP contribution in [-0.4, -0.2) is 102 Å². The van der Waals surface area contributed by atoms with E-state index in [1.807, 2.05) is 37.4 Å². The quantitative estimate of drug-likeness (QED) is 0.0890. The minimum Gasteiger partial charge on any atom is -0.490 e. The van der Waals surface area contributed by atoms with Gasteiger partial charge in [0.1, 0.15) is 5.75 Å². The Kier molecular flexibility index (Phi) is 15.9. The summed E-state index contributed by atoms with van der Waals surface area (Å²) in [5, 5.41) is 11.2. The molecule has 2 aliphatic carbocycles. The van der Waals surface area contributed by atoms with Gasteiger partial charge in [0.05, 0.1) is 49.6 Å². The lowest BCUT2D eigenvalue weighted by Crippen LogP contribution is -2.38. The van der Waals surface area contributed by atoms with Gasteiger partial charge in [0.25, 0.3) is 0 Å². The number of aromatic nitrogens is 1. The zero-order valence-corrected chi connectivity index (χ0v) is 33.2. The van der Waals surface area contributed by atoms with Gasteiger partial charge in [-0.15, -0.1) is 0 Å². The maximum Gasteiger partial charge on any atom is 0.314 e. The van der Waals surface area contributed by atoms with Gasteiger partial charge >= 0.3 is 12.1 Å². The molecule has 0 spiro atoms. The van der Waals surface area contributed by atoms with Gasteiger partial charge in [0.15, 0.2) is 0 Å². The number of nitrogens with one attached hydrogen (secondary N) is 4. The van der Waals surface area contributed by atoms with Gasteiger partial charge in [-0.1, -0.05) is 29.8 Å². The van der Waals surface area contributed by atoms with E-state index in [1.54, 1.807) is 25.4 Å². The van der Waals surface area contributed by atoms with E-state index in [0.717, 1.165) is 48.1 Å². The van der Waals surface area contributed by atoms with Gasteiger partial charge in [0.2, 0.25) is 10.0 Å². The second kappa shape index (κ2) is 20.8. The van der Waals surface area contributed by atoms with Crippen molar-refractivity contribution >= 4 is 33.7 Å². The van der Waals surface area contributed by atoms with Crippen LogP contribution in [-0.2, 0) is 36.4 Å². The predicted octanol–water partition coefficient (Wildman–Crippen LogP) is 5.20. The zero-order valence-electron chi connectivity index (χ0n) is 31.6. The van der Waals surface area contributed by atoms with Crippen molar-refractivity contribution in [3.8, 4) is 16.9 Å². The lowest BCUT2D eigenvalue weighted by molar-refractivity contribution is 0.0173. The standard InChI is InChI=1S/C39H53ClN6O8S/c1-3-42-37(47)44-19-22-51-24-25-52-23-20-45-38(48)43-17-6-7-21-46(2)55(49,50)31-12-13-35(40)29(26-31)28-53-39(15-16-39)34-27-41-18-14-32(34)33-8-4-5-9-36(33)54-30-10-11-30/h4-5,8-9,12-14,18,26-27,30H,3,6-7,10-11,15-17,19-25,28H2,1-2H3,(H2,42,44,47)(H2,43,45,48). The number of sulfonamides is 1. The maximum absolute atomic E-state index is 13.5. The highest BCUT2D eigenvalue weighted by atomic mass is 35.5. The van der Waals surface area contributed by atoms with E-state index in [1.165, 1.54) is 10.4 Å². The molecule has 1 aromatic heterocycles. The number of urea groups is 2. The second-order valence-electron chi connectivity index (χ2n) is 13.5. The van der Waals surface area contributed by atoms with Crippen molar-refractivity contribution in [3.05, 3.63) is 77.1 Å². The highest BCUT2D eigenvalue weighted by Crippen LogP contribution is 2.53. The number of carbonyl (C=O) groups excluding carboxylic acids is 2. The Morgan fingerprint density at radius 2 is 1.58 bits per heavy atom. The molecule has 2 aromatic carbocycles.